The Hall–Kier alpha value is -2.07. The van der Waals surface area contributed by atoms with Crippen LogP contribution in [0.5, 0.6) is 5.75 Å². The number of hydrogen-bond donors (Lipinski definition) is 0. The molecule has 0 aliphatic rings. The van der Waals surface area contributed by atoms with E-state index in [-0.39, 0.29) is 5.97 Å². The Bertz CT molecular complexity index is 430. The van der Waals surface area contributed by atoms with E-state index in [0.29, 0.717) is 12.2 Å². The SMILES string of the molecule is C=CCN(CC=C)CCOc1ccc(C(=O)OC)cc1. The molecule has 4 heteroatoms. The van der Waals surface area contributed by atoms with Gasteiger partial charge in [-0.1, -0.05) is 12.2 Å². The van der Waals surface area contributed by atoms with Crippen LogP contribution in [-0.2, 0) is 4.74 Å². The van der Waals surface area contributed by atoms with E-state index < -0.39 is 0 Å². The highest BCUT2D eigenvalue weighted by molar-refractivity contribution is 5.89. The first-order valence-electron chi connectivity index (χ1n) is 6.46. The third-order valence-electron chi connectivity index (χ3n) is 2.73. The van der Waals surface area contributed by atoms with Crippen molar-refractivity contribution < 1.29 is 14.3 Å². The van der Waals surface area contributed by atoms with Gasteiger partial charge in [0.1, 0.15) is 12.4 Å². The molecule has 0 saturated carbocycles. The van der Waals surface area contributed by atoms with Gasteiger partial charge in [-0.25, -0.2) is 4.79 Å². The summed E-state index contributed by atoms with van der Waals surface area (Å²) in [5.41, 5.74) is 0.514. The largest absolute Gasteiger partial charge is 0.492 e. The average Bonchev–Trinajstić information content (AvgIpc) is 2.47. The van der Waals surface area contributed by atoms with E-state index in [1.54, 1.807) is 24.3 Å². The second-order valence-corrected chi connectivity index (χ2v) is 4.20. The second-order valence-electron chi connectivity index (χ2n) is 4.20. The Morgan fingerprint density at radius 1 is 1.20 bits per heavy atom. The summed E-state index contributed by atoms with van der Waals surface area (Å²) in [6.45, 7) is 10.4. The first kappa shape index (κ1) is 16.0. The van der Waals surface area contributed by atoms with Gasteiger partial charge in [0.05, 0.1) is 12.7 Å². The van der Waals surface area contributed by atoms with Crippen molar-refractivity contribution in [2.75, 3.05) is 33.4 Å². The summed E-state index contributed by atoms with van der Waals surface area (Å²) >= 11 is 0. The van der Waals surface area contributed by atoms with Gasteiger partial charge in [0, 0.05) is 19.6 Å². The fourth-order valence-electron chi connectivity index (χ4n) is 1.72. The molecule has 4 nitrogen and oxygen atoms in total. The van der Waals surface area contributed by atoms with Crippen LogP contribution < -0.4 is 4.74 Å². The van der Waals surface area contributed by atoms with Crippen LogP contribution in [0.15, 0.2) is 49.6 Å². The van der Waals surface area contributed by atoms with E-state index in [1.165, 1.54) is 7.11 Å². The molecule has 0 bridgehead atoms. The second kappa shape index (κ2) is 8.93. The van der Waals surface area contributed by atoms with E-state index in [1.807, 2.05) is 12.2 Å². The predicted molar refractivity (Wildman–Crippen MR) is 80.1 cm³/mol. The zero-order chi connectivity index (χ0) is 14.8. The maximum Gasteiger partial charge on any atom is 0.337 e. The van der Waals surface area contributed by atoms with Crippen molar-refractivity contribution in [3.8, 4) is 5.75 Å². The molecule has 0 amide bonds. The van der Waals surface area contributed by atoms with Gasteiger partial charge in [-0.05, 0) is 24.3 Å². The number of methoxy groups -OCH3 is 1. The average molecular weight is 275 g/mol. The Morgan fingerprint density at radius 2 is 1.80 bits per heavy atom. The highest BCUT2D eigenvalue weighted by Gasteiger charge is 2.05. The Labute approximate surface area is 120 Å². The van der Waals surface area contributed by atoms with Crippen LogP contribution in [-0.4, -0.2) is 44.2 Å². The fourth-order valence-corrected chi connectivity index (χ4v) is 1.72. The molecule has 108 valence electrons. The molecule has 0 fully saturated rings. The number of hydrogen-bond acceptors (Lipinski definition) is 4. The maximum atomic E-state index is 11.3. The molecule has 0 atom stereocenters. The number of carbonyl (C=O) groups excluding carboxylic acids is 1. The monoisotopic (exact) mass is 275 g/mol. The molecule has 0 aliphatic carbocycles. The summed E-state index contributed by atoms with van der Waals surface area (Å²) in [5, 5.41) is 0. The molecule has 0 radical (unpaired) electrons. The lowest BCUT2D eigenvalue weighted by atomic mass is 10.2. The van der Waals surface area contributed by atoms with Gasteiger partial charge >= 0.3 is 5.97 Å². The molecule has 20 heavy (non-hydrogen) atoms. The number of nitrogens with zero attached hydrogens (tertiary/aromatic N) is 1. The lowest BCUT2D eigenvalue weighted by molar-refractivity contribution is 0.0600. The van der Waals surface area contributed by atoms with Gasteiger partial charge in [-0.15, -0.1) is 13.2 Å². The third kappa shape index (κ3) is 5.28. The van der Waals surface area contributed by atoms with Gasteiger partial charge in [0.15, 0.2) is 0 Å². The lowest BCUT2D eigenvalue weighted by Gasteiger charge is -2.18. The zero-order valence-electron chi connectivity index (χ0n) is 11.9. The van der Waals surface area contributed by atoms with Crippen molar-refractivity contribution in [3.05, 3.63) is 55.1 Å². The van der Waals surface area contributed by atoms with Gasteiger partial charge < -0.3 is 9.47 Å². The maximum absolute atomic E-state index is 11.3. The third-order valence-corrected chi connectivity index (χ3v) is 2.73. The van der Waals surface area contributed by atoms with Crippen LogP contribution in [0.3, 0.4) is 0 Å². The van der Waals surface area contributed by atoms with Gasteiger partial charge in [-0.3, -0.25) is 4.90 Å². The van der Waals surface area contributed by atoms with E-state index in [4.69, 9.17) is 4.74 Å². The normalized spacial score (nSPS) is 10.1. The van der Waals surface area contributed by atoms with E-state index in [9.17, 15) is 4.79 Å². The highest BCUT2D eigenvalue weighted by Crippen LogP contribution is 2.12. The number of esters is 1. The van der Waals surface area contributed by atoms with Crippen molar-refractivity contribution in [2.24, 2.45) is 0 Å². The summed E-state index contributed by atoms with van der Waals surface area (Å²) in [4.78, 5) is 13.5. The summed E-state index contributed by atoms with van der Waals surface area (Å²) < 4.78 is 10.3. The van der Waals surface area contributed by atoms with Crippen LogP contribution in [0, 0.1) is 0 Å². The first-order chi connectivity index (χ1) is 9.71. The van der Waals surface area contributed by atoms with Crippen molar-refractivity contribution >= 4 is 5.97 Å². The summed E-state index contributed by atoms with van der Waals surface area (Å²) in [5.74, 6) is 0.384. The van der Waals surface area contributed by atoms with Gasteiger partial charge in [0.25, 0.3) is 0 Å². The smallest absolute Gasteiger partial charge is 0.337 e. The molecule has 0 N–H and O–H groups in total. The minimum Gasteiger partial charge on any atom is -0.492 e. The van der Waals surface area contributed by atoms with E-state index in [0.717, 1.165) is 25.4 Å². The molecular formula is C16H21NO3. The fraction of sp³-hybridized carbons (Fsp3) is 0.312. The van der Waals surface area contributed by atoms with Crippen molar-refractivity contribution in [1.82, 2.24) is 4.90 Å². The molecule has 0 aliphatic heterocycles. The van der Waals surface area contributed by atoms with Gasteiger partial charge in [-0.2, -0.15) is 0 Å². The Morgan fingerprint density at radius 3 is 2.30 bits per heavy atom. The summed E-state index contributed by atoms with van der Waals surface area (Å²) in [6, 6.07) is 6.90. The zero-order valence-corrected chi connectivity index (χ0v) is 11.9. The molecular weight excluding hydrogens is 254 g/mol. The molecule has 0 heterocycles. The minimum absolute atomic E-state index is 0.348. The molecule has 1 aromatic carbocycles. The molecule has 0 aromatic heterocycles. The van der Waals surface area contributed by atoms with Crippen molar-refractivity contribution in [3.63, 3.8) is 0 Å². The quantitative estimate of drug-likeness (QED) is 0.513. The van der Waals surface area contributed by atoms with Gasteiger partial charge in [0.2, 0.25) is 0 Å². The van der Waals surface area contributed by atoms with Crippen LogP contribution in [0.2, 0.25) is 0 Å². The highest BCUT2D eigenvalue weighted by atomic mass is 16.5. The van der Waals surface area contributed by atoms with E-state index >= 15 is 0 Å². The topological polar surface area (TPSA) is 38.8 Å². The Balaban J connectivity index is 2.43. The van der Waals surface area contributed by atoms with E-state index in [2.05, 4.69) is 22.8 Å². The summed E-state index contributed by atoms with van der Waals surface area (Å²) in [6.07, 6.45) is 3.71. The lowest BCUT2D eigenvalue weighted by Crippen LogP contribution is -2.28. The van der Waals surface area contributed by atoms with Crippen molar-refractivity contribution in [2.45, 2.75) is 0 Å². The molecule has 0 spiro atoms. The van der Waals surface area contributed by atoms with Crippen LogP contribution in [0.1, 0.15) is 10.4 Å². The number of ether oxygens (including phenoxy) is 2. The molecule has 1 rings (SSSR count). The Kier molecular flexibility index (Phi) is 7.14. The number of carbonyl (C=O) groups is 1. The van der Waals surface area contributed by atoms with Crippen LogP contribution >= 0.6 is 0 Å². The number of benzene rings is 1. The molecule has 0 saturated heterocycles. The number of rotatable bonds is 9. The van der Waals surface area contributed by atoms with Crippen LogP contribution in [0.25, 0.3) is 0 Å². The standard InChI is InChI=1S/C16H21NO3/c1-4-10-17(11-5-2)12-13-20-15-8-6-14(7-9-15)16(18)19-3/h4-9H,1-2,10-13H2,3H3. The first-order valence-corrected chi connectivity index (χ1v) is 6.46. The van der Waals surface area contributed by atoms with Crippen molar-refractivity contribution in [1.29, 1.82) is 0 Å². The molecule has 0 unspecified atom stereocenters. The summed E-state index contributed by atoms with van der Waals surface area (Å²) in [7, 11) is 1.36. The van der Waals surface area contributed by atoms with Crippen LogP contribution in [0.4, 0.5) is 0 Å². The minimum atomic E-state index is -0.348. The predicted octanol–water partition coefficient (Wildman–Crippen LogP) is 2.53. The molecule has 1 aromatic rings.